The van der Waals surface area contributed by atoms with Crippen molar-refractivity contribution in [3.8, 4) is 5.69 Å². The van der Waals surface area contributed by atoms with Gasteiger partial charge in [0.25, 0.3) is 11.8 Å². The fourth-order valence-corrected chi connectivity index (χ4v) is 5.16. The highest BCUT2D eigenvalue weighted by Gasteiger charge is 2.39. The number of carbonyl (C=O) groups is 4. The lowest BCUT2D eigenvalue weighted by Gasteiger charge is -2.29. The SMILES string of the molecule is Cc1ccc2c(c1)CN(C(=O)c1cn(-c3ccc4c(c3)CN(C3CCC(=O)NC3=O)C4=O)nn1)CCN2. The number of rotatable bonds is 3. The van der Waals surface area contributed by atoms with Crippen LogP contribution < -0.4 is 10.6 Å². The molecule has 2 aromatic carbocycles. The first-order chi connectivity index (χ1) is 17.9. The molecule has 37 heavy (non-hydrogen) atoms. The Bertz CT molecular complexity index is 1460. The minimum Gasteiger partial charge on any atom is -0.383 e. The third kappa shape index (κ3) is 4.11. The van der Waals surface area contributed by atoms with Crippen molar-refractivity contribution in [1.29, 1.82) is 0 Å². The van der Waals surface area contributed by atoms with E-state index >= 15 is 0 Å². The summed E-state index contributed by atoms with van der Waals surface area (Å²) in [4.78, 5) is 53.2. The highest BCUT2D eigenvalue weighted by atomic mass is 16.2. The van der Waals surface area contributed by atoms with Gasteiger partial charge in [-0.15, -0.1) is 5.10 Å². The van der Waals surface area contributed by atoms with Crippen molar-refractivity contribution in [3.63, 3.8) is 0 Å². The van der Waals surface area contributed by atoms with Crippen LogP contribution in [0.4, 0.5) is 5.69 Å². The molecule has 188 valence electrons. The zero-order valence-electron chi connectivity index (χ0n) is 20.2. The number of aromatic nitrogens is 3. The number of benzene rings is 2. The lowest BCUT2D eigenvalue weighted by atomic mass is 10.0. The predicted molar refractivity (Wildman–Crippen MR) is 132 cm³/mol. The van der Waals surface area contributed by atoms with Crippen molar-refractivity contribution < 1.29 is 19.2 Å². The van der Waals surface area contributed by atoms with Crippen LogP contribution in [0.15, 0.2) is 42.6 Å². The van der Waals surface area contributed by atoms with Gasteiger partial charge in [0, 0.05) is 43.9 Å². The molecular weight excluding hydrogens is 474 g/mol. The Morgan fingerprint density at radius 2 is 1.92 bits per heavy atom. The van der Waals surface area contributed by atoms with Crippen LogP contribution in [0.5, 0.6) is 0 Å². The highest BCUT2D eigenvalue weighted by Crippen LogP contribution is 2.29. The van der Waals surface area contributed by atoms with Crippen molar-refractivity contribution >= 4 is 29.3 Å². The molecule has 6 rings (SSSR count). The second kappa shape index (κ2) is 8.84. The number of amides is 4. The summed E-state index contributed by atoms with van der Waals surface area (Å²) in [7, 11) is 0. The Hall–Kier alpha value is -4.54. The molecule has 11 nitrogen and oxygen atoms in total. The molecule has 1 aromatic heterocycles. The maximum Gasteiger partial charge on any atom is 0.276 e. The number of imide groups is 1. The van der Waals surface area contributed by atoms with E-state index in [4.69, 9.17) is 0 Å². The molecule has 0 bridgehead atoms. The summed E-state index contributed by atoms with van der Waals surface area (Å²) >= 11 is 0. The molecule has 0 spiro atoms. The average Bonchev–Trinajstić information content (AvgIpc) is 3.43. The number of nitrogens with one attached hydrogen (secondary N) is 2. The van der Waals surface area contributed by atoms with Crippen LogP contribution in [-0.4, -0.2) is 67.6 Å². The summed E-state index contributed by atoms with van der Waals surface area (Å²) in [5, 5.41) is 14.0. The van der Waals surface area contributed by atoms with Crippen LogP contribution >= 0.6 is 0 Å². The predicted octanol–water partition coefficient (Wildman–Crippen LogP) is 1.40. The van der Waals surface area contributed by atoms with Crippen molar-refractivity contribution in [1.82, 2.24) is 30.1 Å². The fraction of sp³-hybridized carbons (Fsp3) is 0.308. The second-order valence-electron chi connectivity index (χ2n) is 9.60. The van der Waals surface area contributed by atoms with Crippen molar-refractivity contribution in [2.45, 2.75) is 38.9 Å². The molecule has 0 aliphatic carbocycles. The zero-order chi connectivity index (χ0) is 25.7. The van der Waals surface area contributed by atoms with E-state index in [1.54, 1.807) is 23.2 Å². The molecule has 1 atom stereocenters. The topological polar surface area (TPSA) is 130 Å². The van der Waals surface area contributed by atoms with E-state index in [0.717, 1.165) is 22.4 Å². The van der Waals surface area contributed by atoms with E-state index in [0.29, 0.717) is 37.3 Å². The Labute approximate surface area is 212 Å². The lowest BCUT2D eigenvalue weighted by molar-refractivity contribution is -0.136. The van der Waals surface area contributed by atoms with Gasteiger partial charge in [0.05, 0.1) is 11.9 Å². The van der Waals surface area contributed by atoms with E-state index in [9.17, 15) is 19.2 Å². The van der Waals surface area contributed by atoms with Gasteiger partial charge in [-0.1, -0.05) is 22.9 Å². The lowest BCUT2D eigenvalue weighted by Crippen LogP contribution is -2.52. The van der Waals surface area contributed by atoms with Crippen molar-refractivity contribution in [3.05, 3.63) is 70.5 Å². The van der Waals surface area contributed by atoms with Crippen LogP contribution in [0.25, 0.3) is 5.69 Å². The molecule has 11 heteroatoms. The van der Waals surface area contributed by atoms with E-state index in [2.05, 4.69) is 27.0 Å². The molecule has 1 fully saturated rings. The van der Waals surface area contributed by atoms with Gasteiger partial charge in [-0.2, -0.15) is 0 Å². The summed E-state index contributed by atoms with van der Waals surface area (Å²) in [6, 6.07) is 10.7. The third-order valence-corrected chi connectivity index (χ3v) is 7.09. The quantitative estimate of drug-likeness (QED) is 0.521. The number of anilines is 1. The summed E-state index contributed by atoms with van der Waals surface area (Å²) in [5.74, 6) is -1.21. The Morgan fingerprint density at radius 1 is 1.05 bits per heavy atom. The van der Waals surface area contributed by atoms with Crippen LogP contribution in [-0.2, 0) is 22.7 Å². The molecule has 0 saturated carbocycles. The number of fused-ring (bicyclic) bond motifs is 2. The Morgan fingerprint density at radius 3 is 2.76 bits per heavy atom. The number of nitrogens with zero attached hydrogens (tertiary/aromatic N) is 5. The van der Waals surface area contributed by atoms with E-state index in [1.165, 1.54) is 9.58 Å². The Balaban J connectivity index is 1.20. The van der Waals surface area contributed by atoms with Gasteiger partial charge >= 0.3 is 0 Å². The molecule has 0 radical (unpaired) electrons. The van der Waals surface area contributed by atoms with Crippen LogP contribution in [0, 0.1) is 6.92 Å². The summed E-state index contributed by atoms with van der Waals surface area (Å²) in [5.41, 5.74) is 5.37. The van der Waals surface area contributed by atoms with Crippen molar-refractivity contribution in [2.24, 2.45) is 0 Å². The number of piperidine rings is 1. The van der Waals surface area contributed by atoms with Crippen molar-refractivity contribution in [2.75, 3.05) is 18.4 Å². The second-order valence-corrected chi connectivity index (χ2v) is 9.60. The number of aryl methyl sites for hydroxylation is 1. The van der Waals surface area contributed by atoms with Crippen LogP contribution in [0.2, 0.25) is 0 Å². The smallest absolute Gasteiger partial charge is 0.276 e. The van der Waals surface area contributed by atoms with E-state index < -0.39 is 11.9 Å². The van der Waals surface area contributed by atoms with E-state index in [1.807, 2.05) is 25.1 Å². The maximum atomic E-state index is 13.3. The number of hydrogen-bond donors (Lipinski definition) is 2. The standard InChI is InChI=1S/C26H25N7O4/c1-15-2-5-20-17(10-15)12-31(9-8-27-20)26(37)21-14-33(30-29-21)18-3-4-19-16(11-18)13-32(25(19)36)22-6-7-23(34)28-24(22)35/h2-5,10-11,14,22,27H,6-9,12-13H2,1H3,(H,28,34,35). The van der Waals surface area contributed by atoms with Gasteiger partial charge < -0.3 is 15.1 Å². The summed E-state index contributed by atoms with van der Waals surface area (Å²) in [6.07, 6.45) is 2.10. The third-order valence-electron chi connectivity index (χ3n) is 7.09. The zero-order valence-corrected chi connectivity index (χ0v) is 20.2. The molecule has 4 amide bonds. The molecule has 1 saturated heterocycles. The van der Waals surface area contributed by atoms with Gasteiger partial charge in [-0.25, -0.2) is 4.68 Å². The molecular formula is C26H25N7O4. The summed E-state index contributed by atoms with van der Waals surface area (Å²) in [6.45, 7) is 3.94. The molecule has 3 aromatic rings. The van der Waals surface area contributed by atoms with Crippen LogP contribution in [0.3, 0.4) is 0 Å². The van der Waals surface area contributed by atoms with Gasteiger partial charge in [-0.05, 0) is 48.7 Å². The first-order valence-corrected chi connectivity index (χ1v) is 12.2. The van der Waals surface area contributed by atoms with Crippen LogP contribution in [0.1, 0.15) is 50.4 Å². The average molecular weight is 500 g/mol. The number of hydrogen-bond acceptors (Lipinski definition) is 7. The largest absolute Gasteiger partial charge is 0.383 e. The monoisotopic (exact) mass is 499 g/mol. The minimum absolute atomic E-state index is 0.204. The maximum absolute atomic E-state index is 13.3. The molecule has 3 aliphatic heterocycles. The molecule has 3 aliphatic rings. The highest BCUT2D eigenvalue weighted by molar-refractivity contribution is 6.05. The first kappa shape index (κ1) is 22.9. The summed E-state index contributed by atoms with van der Waals surface area (Å²) < 4.78 is 1.51. The molecule has 4 heterocycles. The van der Waals surface area contributed by atoms with E-state index in [-0.39, 0.29) is 36.4 Å². The molecule has 1 unspecified atom stereocenters. The fourth-order valence-electron chi connectivity index (χ4n) is 5.16. The van der Waals surface area contributed by atoms with Gasteiger partial charge in [0.2, 0.25) is 11.8 Å². The normalized spacial score (nSPS) is 19.2. The molecule has 2 N–H and O–H groups in total. The first-order valence-electron chi connectivity index (χ1n) is 12.2. The number of carbonyl (C=O) groups excluding carboxylic acids is 4. The minimum atomic E-state index is -0.673. The van der Waals surface area contributed by atoms with Gasteiger partial charge in [0.1, 0.15) is 6.04 Å². The van der Waals surface area contributed by atoms with Gasteiger partial charge in [-0.3, -0.25) is 24.5 Å². The Kier molecular flexibility index (Phi) is 5.47. The van der Waals surface area contributed by atoms with Gasteiger partial charge in [0.15, 0.2) is 5.69 Å².